The van der Waals surface area contributed by atoms with E-state index in [0.29, 0.717) is 10.1 Å². The van der Waals surface area contributed by atoms with Gasteiger partial charge >= 0.3 is 137 Å². The Balaban J connectivity index is 1.96. The van der Waals surface area contributed by atoms with Gasteiger partial charge in [0.15, 0.2) is 0 Å². The number of aliphatic hydroxyl groups is 1. The molecule has 1 unspecified atom stereocenters. The van der Waals surface area contributed by atoms with E-state index in [9.17, 15) is 10.2 Å². The molecular weight excluding hydrogens is 397 g/mol. The van der Waals surface area contributed by atoms with Crippen LogP contribution in [0.2, 0.25) is 0 Å². The second-order valence-electron chi connectivity index (χ2n) is 4.55. The number of nitrogens with zero attached hydrogens (tertiary/aromatic N) is 1. The van der Waals surface area contributed by atoms with Crippen molar-refractivity contribution in [3.8, 4) is 11.3 Å². The fourth-order valence-corrected chi connectivity index (χ4v) is 4.00. The average molecular weight is 408 g/mol. The Bertz CT molecular complexity index is 738. The van der Waals surface area contributed by atoms with Gasteiger partial charge in [0.25, 0.3) is 0 Å². The van der Waals surface area contributed by atoms with Crippen molar-refractivity contribution in [3.63, 3.8) is 0 Å². The molecule has 1 N–H and O–H groups in total. The maximum atomic E-state index is 12.5. The minimum atomic E-state index is -2.26. The van der Waals surface area contributed by atoms with Crippen LogP contribution in [0.3, 0.4) is 0 Å². The molecule has 0 aliphatic carbocycles. The van der Waals surface area contributed by atoms with E-state index in [-0.39, 0.29) is 14.5 Å². The first-order valence-corrected chi connectivity index (χ1v) is 8.91. The molecule has 0 amide bonds. The van der Waals surface area contributed by atoms with E-state index < -0.39 is 5.79 Å². The van der Waals surface area contributed by atoms with Gasteiger partial charge in [-0.25, -0.2) is 0 Å². The van der Waals surface area contributed by atoms with E-state index in [2.05, 4.69) is 20.9 Å². The van der Waals surface area contributed by atoms with Crippen LogP contribution in [0, 0.1) is 0 Å². The maximum absolute atomic E-state index is 12.5. The van der Waals surface area contributed by atoms with Crippen molar-refractivity contribution in [3.05, 3.63) is 74.1 Å². The van der Waals surface area contributed by atoms with Gasteiger partial charge in [-0.05, 0) is 0 Å². The van der Waals surface area contributed by atoms with Crippen LogP contribution in [0.4, 0.5) is 0 Å². The first-order valence-electron chi connectivity index (χ1n) is 6.27. The van der Waals surface area contributed by atoms with Crippen LogP contribution in [0.5, 0.6) is 0 Å². The van der Waals surface area contributed by atoms with Crippen molar-refractivity contribution in [2.75, 3.05) is 0 Å². The predicted molar refractivity (Wildman–Crippen MR) is 83.8 cm³/mol. The summed E-state index contributed by atoms with van der Waals surface area (Å²) < 4.78 is 1.28. The third-order valence-corrected chi connectivity index (χ3v) is 5.58. The molecule has 0 bridgehead atoms. The average Bonchev–Trinajstić information content (AvgIpc) is 2.99. The van der Waals surface area contributed by atoms with Gasteiger partial charge < -0.3 is 0 Å². The molecule has 2 aromatic carbocycles. The molecular formula is C16H11BrNO2Se-. The quantitative estimate of drug-likeness (QED) is 0.534. The van der Waals surface area contributed by atoms with Gasteiger partial charge in [0.2, 0.25) is 0 Å². The van der Waals surface area contributed by atoms with Gasteiger partial charge in [-0.3, -0.25) is 0 Å². The van der Waals surface area contributed by atoms with Crippen LogP contribution in [-0.4, -0.2) is 24.6 Å². The summed E-state index contributed by atoms with van der Waals surface area (Å²) in [4.78, 5) is 6.29. The van der Waals surface area contributed by atoms with E-state index in [1.807, 2.05) is 35.3 Å². The summed E-state index contributed by atoms with van der Waals surface area (Å²) in [5.41, 5.74) is 2.03. The Labute approximate surface area is 136 Å². The normalized spacial score (nSPS) is 13.9. The van der Waals surface area contributed by atoms with E-state index in [1.165, 1.54) is 0 Å². The molecule has 3 rings (SSSR count). The van der Waals surface area contributed by atoms with Crippen LogP contribution in [-0.2, 0) is 5.79 Å². The van der Waals surface area contributed by atoms with Gasteiger partial charge in [-0.15, -0.1) is 0 Å². The molecule has 0 saturated carbocycles. The number of hydrogen-bond donors (Lipinski definition) is 1. The van der Waals surface area contributed by atoms with Crippen LogP contribution in [0.1, 0.15) is 10.1 Å². The molecule has 3 nitrogen and oxygen atoms in total. The van der Waals surface area contributed by atoms with Crippen molar-refractivity contribution in [1.82, 2.24) is 4.98 Å². The number of hydrogen-bond acceptors (Lipinski definition) is 3. The van der Waals surface area contributed by atoms with Gasteiger partial charge in [-0.1, -0.05) is 0 Å². The standard InChI is InChI=1S/C16H11BrNO2Se/c17-13-8-6-11(7-9-13)14-10-21-15(18-14)16(19,20)12-4-2-1-3-5-12/h1-10,19H/q-1. The van der Waals surface area contributed by atoms with Gasteiger partial charge in [-0.2, -0.15) is 0 Å². The van der Waals surface area contributed by atoms with Crippen LogP contribution in [0.25, 0.3) is 11.3 Å². The fraction of sp³-hybridized carbons (Fsp3) is 0.0625. The Hall–Kier alpha value is -1.23. The van der Waals surface area contributed by atoms with Crippen molar-refractivity contribution in [2.45, 2.75) is 5.79 Å². The third kappa shape index (κ3) is 3.03. The molecule has 0 fully saturated rings. The van der Waals surface area contributed by atoms with Crippen LogP contribution < -0.4 is 5.11 Å². The molecule has 1 aromatic heterocycles. The summed E-state index contributed by atoms with van der Waals surface area (Å²) in [6.07, 6.45) is 0. The molecule has 5 heteroatoms. The second kappa shape index (κ2) is 5.87. The molecule has 3 aromatic rings. The molecule has 0 aliphatic heterocycles. The predicted octanol–water partition coefficient (Wildman–Crippen LogP) is 2.12. The SMILES string of the molecule is [O-]C(O)(c1ccccc1)c1nc(-c2ccc(Br)cc2)c[se]1. The zero-order valence-corrected chi connectivity index (χ0v) is 14.2. The zero-order chi connectivity index (χ0) is 14.9. The number of aromatic nitrogens is 1. The fourth-order valence-electron chi connectivity index (χ4n) is 1.97. The molecule has 21 heavy (non-hydrogen) atoms. The van der Waals surface area contributed by atoms with Gasteiger partial charge in [0.05, 0.1) is 0 Å². The van der Waals surface area contributed by atoms with Crippen molar-refractivity contribution >= 4 is 30.4 Å². The first kappa shape index (κ1) is 14.7. The molecule has 1 atom stereocenters. The third-order valence-electron chi connectivity index (χ3n) is 3.10. The number of halogens is 1. The van der Waals surface area contributed by atoms with Gasteiger partial charge in [0.1, 0.15) is 0 Å². The summed E-state index contributed by atoms with van der Waals surface area (Å²) in [7, 11) is 0. The Kier molecular flexibility index (Phi) is 4.11. The summed E-state index contributed by atoms with van der Waals surface area (Å²) in [5.74, 6) is -2.26. The van der Waals surface area contributed by atoms with Crippen molar-refractivity contribution in [2.24, 2.45) is 0 Å². The van der Waals surface area contributed by atoms with E-state index in [4.69, 9.17) is 0 Å². The summed E-state index contributed by atoms with van der Waals surface area (Å²) in [5, 5.41) is 22.8. The zero-order valence-electron chi connectivity index (χ0n) is 10.9. The van der Waals surface area contributed by atoms with Crippen molar-refractivity contribution in [1.29, 1.82) is 0 Å². The molecule has 0 spiro atoms. The Morgan fingerprint density at radius 1 is 1.05 bits per heavy atom. The van der Waals surface area contributed by atoms with Crippen LogP contribution >= 0.6 is 15.9 Å². The van der Waals surface area contributed by atoms with E-state index in [0.717, 1.165) is 15.7 Å². The summed E-state index contributed by atoms with van der Waals surface area (Å²) in [6, 6.07) is 16.3. The summed E-state index contributed by atoms with van der Waals surface area (Å²) >= 11 is 3.15. The molecule has 1 heterocycles. The Morgan fingerprint density at radius 3 is 2.38 bits per heavy atom. The second-order valence-corrected chi connectivity index (χ2v) is 7.27. The van der Waals surface area contributed by atoms with Gasteiger partial charge in [0, 0.05) is 0 Å². The first-order chi connectivity index (χ1) is 10.1. The molecule has 0 radical (unpaired) electrons. The molecule has 0 aliphatic rings. The van der Waals surface area contributed by atoms with E-state index >= 15 is 0 Å². The van der Waals surface area contributed by atoms with E-state index in [1.54, 1.807) is 24.3 Å². The Morgan fingerprint density at radius 2 is 1.71 bits per heavy atom. The number of rotatable bonds is 3. The molecule has 106 valence electrons. The topological polar surface area (TPSA) is 56.2 Å². The monoisotopic (exact) mass is 408 g/mol. The van der Waals surface area contributed by atoms with Crippen molar-refractivity contribution < 1.29 is 10.2 Å². The number of benzene rings is 2. The summed E-state index contributed by atoms with van der Waals surface area (Å²) in [6.45, 7) is 0. The molecule has 0 saturated heterocycles. The minimum absolute atomic E-state index is 0.241. The van der Waals surface area contributed by atoms with Crippen LogP contribution in [0.15, 0.2) is 64.0 Å².